The van der Waals surface area contributed by atoms with Gasteiger partial charge in [0.05, 0.1) is 10.9 Å². The van der Waals surface area contributed by atoms with Gasteiger partial charge in [-0.2, -0.15) is 4.36 Å². The minimum atomic E-state index is -2.80. The number of aromatic amines is 1. The van der Waals surface area contributed by atoms with Crippen LogP contribution >= 0.6 is 0 Å². The summed E-state index contributed by atoms with van der Waals surface area (Å²) in [7, 11) is -2.80. The lowest BCUT2D eigenvalue weighted by molar-refractivity contribution is 0.667. The van der Waals surface area contributed by atoms with Crippen LogP contribution in [0.2, 0.25) is 0 Å². The highest BCUT2D eigenvalue weighted by Gasteiger charge is 2.30. The van der Waals surface area contributed by atoms with Gasteiger partial charge in [-0.3, -0.25) is 0 Å². The Balaban J connectivity index is 1.62. The zero-order chi connectivity index (χ0) is 16.6. The Morgan fingerprint density at radius 3 is 2.71 bits per heavy atom. The van der Waals surface area contributed by atoms with Crippen molar-refractivity contribution in [2.24, 2.45) is 9.50 Å². The predicted molar refractivity (Wildman–Crippen MR) is 99.8 cm³/mol. The molecule has 1 fully saturated rings. The number of H-pyrrole nitrogens is 1. The van der Waals surface area contributed by atoms with Crippen molar-refractivity contribution < 1.29 is 4.21 Å². The molecule has 24 heavy (non-hydrogen) atoms. The second kappa shape index (κ2) is 5.96. The standard InChI is InChI=1S/C18H20N4OS/c19-24(23,21-18-12-20-17-9-5-4-8-16(17)18)15-10-11-22(13-15)14-6-2-1-3-7-14/h1-9,12,15,20H,10-11,13H2,(H2,19,21,23). The van der Waals surface area contributed by atoms with Gasteiger partial charge in [0.15, 0.2) is 0 Å². The fourth-order valence-electron chi connectivity index (χ4n) is 3.24. The molecule has 4 rings (SSSR count). The minimum Gasteiger partial charge on any atom is -0.370 e. The monoisotopic (exact) mass is 340 g/mol. The van der Waals surface area contributed by atoms with Gasteiger partial charge in [-0.25, -0.2) is 9.35 Å². The lowest BCUT2D eigenvalue weighted by Gasteiger charge is -2.18. The highest BCUT2D eigenvalue weighted by atomic mass is 32.2. The molecule has 3 aromatic rings. The van der Waals surface area contributed by atoms with Crippen LogP contribution in [0.15, 0.2) is 65.2 Å². The third-order valence-corrected chi connectivity index (χ3v) is 6.37. The van der Waals surface area contributed by atoms with Crippen LogP contribution in [0.5, 0.6) is 0 Å². The molecular formula is C18H20N4OS. The fourth-order valence-corrected chi connectivity index (χ4v) is 4.68. The molecule has 1 saturated heterocycles. The van der Waals surface area contributed by atoms with Gasteiger partial charge >= 0.3 is 0 Å². The Morgan fingerprint density at radius 1 is 1.12 bits per heavy atom. The van der Waals surface area contributed by atoms with Crippen molar-refractivity contribution in [3.05, 3.63) is 60.8 Å². The number of fused-ring (bicyclic) bond motifs is 1. The van der Waals surface area contributed by atoms with Crippen LogP contribution in [0.4, 0.5) is 11.4 Å². The molecule has 5 nitrogen and oxygen atoms in total. The second-order valence-corrected chi connectivity index (χ2v) is 8.19. The number of aromatic nitrogens is 1. The Bertz CT molecular complexity index is 973. The van der Waals surface area contributed by atoms with Crippen molar-refractivity contribution in [3.63, 3.8) is 0 Å². The van der Waals surface area contributed by atoms with Gasteiger partial charge in [-0.15, -0.1) is 0 Å². The minimum absolute atomic E-state index is 0.133. The molecule has 0 saturated carbocycles. The molecule has 0 radical (unpaired) electrons. The number of nitrogens with two attached hydrogens (primary N) is 1. The van der Waals surface area contributed by atoms with Crippen molar-refractivity contribution >= 4 is 32.2 Å². The van der Waals surface area contributed by atoms with Crippen LogP contribution in [0, 0.1) is 0 Å². The molecule has 2 heterocycles. The molecule has 0 spiro atoms. The quantitative estimate of drug-likeness (QED) is 0.766. The average Bonchev–Trinajstić information content (AvgIpc) is 3.24. The van der Waals surface area contributed by atoms with Gasteiger partial charge in [0.25, 0.3) is 0 Å². The van der Waals surface area contributed by atoms with Gasteiger partial charge < -0.3 is 9.88 Å². The van der Waals surface area contributed by atoms with Crippen LogP contribution in [0.1, 0.15) is 6.42 Å². The summed E-state index contributed by atoms with van der Waals surface area (Å²) in [6, 6.07) is 18.0. The van der Waals surface area contributed by atoms with E-state index in [4.69, 9.17) is 5.14 Å². The third kappa shape index (κ3) is 2.79. The molecular weight excluding hydrogens is 320 g/mol. The summed E-state index contributed by atoms with van der Waals surface area (Å²) in [5, 5.41) is 6.98. The Labute approximate surface area is 141 Å². The van der Waals surface area contributed by atoms with Gasteiger partial charge in [-0.05, 0) is 24.6 Å². The van der Waals surface area contributed by atoms with Gasteiger partial charge in [0, 0.05) is 35.9 Å². The Kier molecular flexibility index (Phi) is 3.78. The van der Waals surface area contributed by atoms with E-state index >= 15 is 0 Å². The number of nitrogens with zero attached hydrogens (tertiary/aromatic N) is 2. The number of anilines is 1. The zero-order valence-corrected chi connectivity index (χ0v) is 14.1. The maximum absolute atomic E-state index is 13.0. The van der Waals surface area contributed by atoms with Crippen LogP contribution in [-0.4, -0.2) is 27.5 Å². The van der Waals surface area contributed by atoms with Crippen LogP contribution in [-0.2, 0) is 9.92 Å². The van der Waals surface area contributed by atoms with Gasteiger partial charge in [-0.1, -0.05) is 36.4 Å². The van der Waals surface area contributed by atoms with Crippen molar-refractivity contribution in [1.82, 2.24) is 4.98 Å². The highest BCUT2D eigenvalue weighted by molar-refractivity contribution is 7.92. The lowest BCUT2D eigenvalue weighted by atomic mass is 10.2. The SMILES string of the molecule is NS(=O)(=Nc1c[nH]c2ccccc12)C1CCN(c2ccccc2)C1. The number of hydrogen-bond donors (Lipinski definition) is 2. The molecule has 0 amide bonds. The average molecular weight is 340 g/mol. The van der Waals surface area contributed by atoms with Crippen LogP contribution in [0.25, 0.3) is 10.9 Å². The first-order valence-corrected chi connectivity index (χ1v) is 9.67. The second-order valence-electron chi connectivity index (χ2n) is 6.12. The van der Waals surface area contributed by atoms with E-state index in [9.17, 15) is 4.21 Å². The first-order valence-electron chi connectivity index (χ1n) is 8.03. The molecule has 2 unspecified atom stereocenters. The number of hydrogen-bond acceptors (Lipinski definition) is 3. The third-order valence-electron chi connectivity index (χ3n) is 4.55. The van der Waals surface area contributed by atoms with E-state index in [-0.39, 0.29) is 5.25 Å². The summed E-state index contributed by atoms with van der Waals surface area (Å²) in [6.07, 6.45) is 2.57. The molecule has 1 aliphatic heterocycles. The van der Waals surface area contributed by atoms with Crippen LogP contribution in [0.3, 0.4) is 0 Å². The van der Waals surface area contributed by atoms with Crippen molar-refractivity contribution in [3.8, 4) is 0 Å². The number of benzene rings is 2. The van der Waals surface area contributed by atoms with Crippen molar-refractivity contribution in [1.29, 1.82) is 0 Å². The zero-order valence-electron chi connectivity index (χ0n) is 13.3. The molecule has 124 valence electrons. The molecule has 2 aromatic carbocycles. The van der Waals surface area contributed by atoms with Crippen molar-refractivity contribution in [2.45, 2.75) is 11.7 Å². The summed E-state index contributed by atoms with van der Waals surface area (Å²) < 4.78 is 17.5. The van der Waals surface area contributed by atoms with Gasteiger partial charge in [0.1, 0.15) is 9.92 Å². The Morgan fingerprint density at radius 2 is 1.88 bits per heavy atom. The first kappa shape index (κ1) is 15.2. The molecule has 1 aromatic heterocycles. The highest BCUT2D eigenvalue weighted by Crippen LogP contribution is 2.29. The van der Waals surface area contributed by atoms with E-state index < -0.39 is 9.92 Å². The van der Waals surface area contributed by atoms with E-state index in [1.54, 1.807) is 6.20 Å². The first-order chi connectivity index (χ1) is 11.6. The summed E-state index contributed by atoms with van der Waals surface area (Å²) in [6.45, 7) is 1.53. The summed E-state index contributed by atoms with van der Waals surface area (Å²) >= 11 is 0. The molecule has 3 N–H and O–H groups in total. The summed E-state index contributed by atoms with van der Waals surface area (Å²) in [5.74, 6) is 0. The maximum atomic E-state index is 13.0. The van der Waals surface area contributed by atoms with E-state index in [0.717, 1.165) is 29.6 Å². The van der Waals surface area contributed by atoms with E-state index in [0.29, 0.717) is 12.2 Å². The van der Waals surface area contributed by atoms with Crippen LogP contribution < -0.4 is 10.0 Å². The normalized spacial score (nSPS) is 20.2. The topological polar surface area (TPSA) is 74.5 Å². The molecule has 1 aliphatic rings. The summed E-state index contributed by atoms with van der Waals surface area (Å²) in [4.78, 5) is 5.37. The maximum Gasteiger partial charge on any atom is 0.115 e. The lowest BCUT2D eigenvalue weighted by Crippen LogP contribution is -2.31. The molecule has 0 aliphatic carbocycles. The number of nitrogens with one attached hydrogen (secondary N) is 1. The Hall–Kier alpha value is -2.31. The smallest absolute Gasteiger partial charge is 0.115 e. The van der Waals surface area contributed by atoms with Gasteiger partial charge in [0.2, 0.25) is 0 Å². The molecule has 2 atom stereocenters. The molecule has 0 bridgehead atoms. The number of para-hydroxylation sites is 2. The van der Waals surface area contributed by atoms with E-state index in [1.165, 1.54) is 0 Å². The summed E-state index contributed by atoms with van der Waals surface area (Å²) in [5.41, 5.74) is 2.79. The van der Waals surface area contributed by atoms with E-state index in [1.807, 2.05) is 42.5 Å². The van der Waals surface area contributed by atoms with Crippen molar-refractivity contribution in [2.75, 3.05) is 18.0 Å². The number of rotatable bonds is 3. The largest absolute Gasteiger partial charge is 0.370 e. The van der Waals surface area contributed by atoms with E-state index in [2.05, 4.69) is 26.4 Å². The molecule has 6 heteroatoms. The predicted octanol–water partition coefficient (Wildman–Crippen LogP) is 3.42. The fraction of sp³-hybridized carbons (Fsp3) is 0.222.